The molecule has 0 amide bonds. The van der Waals surface area contributed by atoms with Gasteiger partial charge < -0.3 is 9.05 Å². The quantitative estimate of drug-likeness (QED) is 0.238. The molecule has 0 saturated carbocycles. The Kier molecular flexibility index (Phi) is 11.5. The smallest absolute Gasteiger partial charge is 0.301 e. The highest BCUT2D eigenvalue weighted by Crippen LogP contribution is 2.60. The van der Waals surface area contributed by atoms with Gasteiger partial charge in [0.25, 0.3) is 0 Å². The average molecular weight is 465 g/mol. The molecule has 0 spiro atoms. The molecule has 0 fully saturated rings. The van der Waals surface area contributed by atoms with Gasteiger partial charge in [-0.05, 0) is 43.1 Å². The maximum atomic E-state index is 11.9. The largest absolute Gasteiger partial charge is 0.389 e. The lowest BCUT2D eigenvalue weighted by Crippen LogP contribution is -1.94. The van der Waals surface area contributed by atoms with Gasteiger partial charge in [-0.3, -0.25) is 4.98 Å². The van der Waals surface area contributed by atoms with Crippen molar-refractivity contribution in [1.82, 2.24) is 9.97 Å². The second-order valence-electron chi connectivity index (χ2n) is 5.92. The van der Waals surface area contributed by atoms with Crippen LogP contribution < -0.4 is 0 Å². The van der Waals surface area contributed by atoms with Gasteiger partial charge in [0.2, 0.25) is 0 Å². The molecule has 30 heavy (non-hydrogen) atoms. The Balaban J connectivity index is 0.000000217. The van der Waals surface area contributed by atoms with Gasteiger partial charge in [-0.25, -0.2) is 9.55 Å². The van der Waals surface area contributed by atoms with E-state index in [1.807, 2.05) is 86.4 Å². The summed E-state index contributed by atoms with van der Waals surface area (Å²) in [7, 11) is 0. The van der Waals surface area contributed by atoms with E-state index in [1.165, 1.54) is 11.4 Å². The van der Waals surface area contributed by atoms with Crippen molar-refractivity contribution >= 4 is 41.0 Å². The molecule has 0 atom stereocenters. The third-order valence-corrected chi connectivity index (χ3v) is 8.91. The molecule has 162 valence electrons. The van der Waals surface area contributed by atoms with Crippen LogP contribution in [0.5, 0.6) is 0 Å². The molecule has 1 aromatic heterocycles. The van der Waals surface area contributed by atoms with Gasteiger partial charge in [0.05, 0.1) is 36.1 Å². The highest BCUT2D eigenvalue weighted by Gasteiger charge is 2.23. The van der Waals surface area contributed by atoms with Crippen LogP contribution in [0.3, 0.4) is 0 Å². The van der Waals surface area contributed by atoms with Crippen LogP contribution >= 0.6 is 29.9 Å². The number of thioether (sulfide) groups is 1. The standard InChI is InChI=1S/C14H10N2.C8H19O3PS2/c1-2-6-11(7-3-1)14-10-15-12-8-4-5-9-13(12)16-14;1-4-10-12(9,11-5-2)14-8-7-13-6-3/h1-10H;4-8H2,1-3H3. The normalized spacial score (nSPS) is 11.2. The van der Waals surface area contributed by atoms with E-state index in [0.29, 0.717) is 13.2 Å². The molecule has 0 bridgehead atoms. The minimum atomic E-state index is -2.86. The van der Waals surface area contributed by atoms with Crippen molar-refractivity contribution in [3.8, 4) is 11.3 Å². The fourth-order valence-electron chi connectivity index (χ4n) is 2.49. The number of nitrogens with zero attached hydrogens (tertiary/aromatic N) is 2. The van der Waals surface area contributed by atoms with Crippen molar-refractivity contribution in [2.24, 2.45) is 0 Å². The number of para-hydroxylation sites is 2. The Labute approximate surface area is 187 Å². The van der Waals surface area contributed by atoms with Crippen molar-refractivity contribution in [3.05, 3.63) is 60.8 Å². The minimum Gasteiger partial charge on any atom is -0.301 e. The van der Waals surface area contributed by atoms with Crippen LogP contribution in [0, 0.1) is 0 Å². The number of rotatable bonds is 10. The zero-order valence-electron chi connectivity index (χ0n) is 17.7. The Bertz CT molecular complexity index is 918. The summed E-state index contributed by atoms with van der Waals surface area (Å²) in [5.41, 5.74) is 3.88. The Morgan fingerprint density at radius 3 is 2.13 bits per heavy atom. The lowest BCUT2D eigenvalue weighted by Gasteiger charge is -2.15. The van der Waals surface area contributed by atoms with E-state index in [1.54, 1.807) is 0 Å². The Morgan fingerprint density at radius 2 is 1.50 bits per heavy atom. The van der Waals surface area contributed by atoms with Gasteiger partial charge in [-0.2, -0.15) is 11.8 Å². The molecule has 0 unspecified atom stereocenters. The molecule has 3 aromatic rings. The highest BCUT2D eigenvalue weighted by molar-refractivity contribution is 8.55. The molecule has 0 saturated heterocycles. The summed E-state index contributed by atoms with van der Waals surface area (Å²) in [5.74, 6) is 2.90. The summed E-state index contributed by atoms with van der Waals surface area (Å²) in [6, 6.07) is 18.0. The first-order valence-corrected chi connectivity index (χ1v) is 14.3. The molecule has 8 heteroatoms. The lowest BCUT2D eigenvalue weighted by atomic mass is 10.1. The number of hydrogen-bond acceptors (Lipinski definition) is 7. The third kappa shape index (κ3) is 8.40. The molecule has 0 aliphatic heterocycles. The topological polar surface area (TPSA) is 61.3 Å². The zero-order valence-corrected chi connectivity index (χ0v) is 20.2. The van der Waals surface area contributed by atoms with E-state index < -0.39 is 6.80 Å². The van der Waals surface area contributed by atoms with E-state index >= 15 is 0 Å². The molecular weight excluding hydrogens is 435 g/mol. The van der Waals surface area contributed by atoms with Crippen LogP contribution in [0.1, 0.15) is 20.8 Å². The summed E-state index contributed by atoms with van der Waals surface area (Å²) in [6.07, 6.45) is 1.82. The van der Waals surface area contributed by atoms with Gasteiger partial charge in [0.1, 0.15) is 0 Å². The van der Waals surface area contributed by atoms with Crippen LogP contribution in [-0.4, -0.2) is 40.4 Å². The molecule has 0 N–H and O–H groups in total. The second kappa shape index (κ2) is 13.8. The van der Waals surface area contributed by atoms with E-state index in [9.17, 15) is 4.57 Å². The number of fused-ring (bicyclic) bond motifs is 1. The monoisotopic (exact) mass is 464 g/mol. The van der Waals surface area contributed by atoms with Crippen molar-refractivity contribution in [2.45, 2.75) is 20.8 Å². The fraction of sp³-hybridized carbons (Fsp3) is 0.364. The summed E-state index contributed by atoms with van der Waals surface area (Å²) in [4.78, 5) is 8.98. The van der Waals surface area contributed by atoms with Gasteiger partial charge in [0, 0.05) is 17.1 Å². The summed E-state index contributed by atoms with van der Waals surface area (Å²) >= 11 is 3.14. The first kappa shape index (κ1) is 24.9. The number of hydrogen-bond donors (Lipinski definition) is 0. The van der Waals surface area contributed by atoms with Crippen LogP contribution in [0.4, 0.5) is 0 Å². The van der Waals surface area contributed by atoms with E-state index in [2.05, 4.69) is 16.9 Å². The summed E-state index contributed by atoms with van der Waals surface area (Å²) in [5, 5.41) is 0. The molecule has 0 aliphatic rings. The molecule has 5 nitrogen and oxygen atoms in total. The van der Waals surface area contributed by atoms with Crippen molar-refractivity contribution < 1.29 is 13.6 Å². The van der Waals surface area contributed by atoms with E-state index in [0.717, 1.165) is 39.5 Å². The fourth-order valence-corrected chi connectivity index (χ4v) is 7.04. The van der Waals surface area contributed by atoms with Crippen LogP contribution in [-0.2, 0) is 13.6 Å². The average Bonchev–Trinajstić information content (AvgIpc) is 2.78. The van der Waals surface area contributed by atoms with E-state index in [4.69, 9.17) is 9.05 Å². The summed E-state index contributed by atoms with van der Waals surface area (Å²) in [6.45, 7) is 3.78. The van der Waals surface area contributed by atoms with Crippen molar-refractivity contribution in [1.29, 1.82) is 0 Å². The summed E-state index contributed by atoms with van der Waals surface area (Å²) < 4.78 is 22.2. The van der Waals surface area contributed by atoms with Gasteiger partial charge in [-0.1, -0.05) is 49.4 Å². The van der Waals surface area contributed by atoms with Gasteiger partial charge >= 0.3 is 6.80 Å². The molecular formula is C22H29N2O3PS2. The number of benzene rings is 2. The third-order valence-electron chi connectivity index (χ3n) is 3.77. The predicted octanol–water partition coefficient (Wildman–Crippen LogP) is 6.95. The molecule has 0 aliphatic carbocycles. The first-order valence-electron chi connectivity index (χ1n) is 10.0. The van der Waals surface area contributed by atoms with Gasteiger partial charge in [-0.15, -0.1) is 0 Å². The molecule has 1 heterocycles. The minimum absolute atomic E-state index is 0.436. The highest BCUT2D eigenvalue weighted by atomic mass is 32.7. The molecule has 2 aromatic carbocycles. The van der Waals surface area contributed by atoms with Crippen molar-refractivity contribution in [3.63, 3.8) is 0 Å². The second-order valence-corrected chi connectivity index (χ2v) is 11.5. The Morgan fingerprint density at radius 1 is 0.867 bits per heavy atom. The van der Waals surface area contributed by atoms with Crippen LogP contribution in [0.25, 0.3) is 22.3 Å². The van der Waals surface area contributed by atoms with Crippen LogP contribution in [0.15, 0.2) is 60.8 Å². The lowest BCUT2D eigenvalue weighted by molar-refractivity contribution is 0.237. The first-order chi connectivity index (χ1) is 14.6. The van der Waals surface area contributed by atoms with Gasteiger partial charge in [0.15, 0.2) is 0 Å². The number of aromatic nitrogens is 2. The SMILES string of the molecule is CCOP(=O)(OCC)SCCSCC.c1ccc(-c2cnc3ccccc3n2)cc1. The maximum absolute atomic E-state index is 11.9. The molecule has 3 rings (SSSR count). The van der Waals surface area contributed by atoms with Crippen molar-refractivity contribution in [2.75, 3.05) is 30.5 Å². The molecule has 0 radical (unpaired) electrons. The predicted molar refractivity (Wildman–Crippen MR) is 131 cm³/mol. The van der Waals surface area contributed by atoms with Crippen LogP contribution in [0.2, 0.25) is 0 Å². The maximum Gasteiger partial charge on any atom is 0.389 e. The Hall–Kier alpha value is -1.37. The van der Waals surface area contributed by atoms with E-state index in [-0.39, 0.29) is 0 Å². The zero-order chi connectivity index (χ0) is 21.7.